The SMILES string of the molecule is CCOc1ccc(C(COC)NC(=O)N2CCOC(C)C2C)cc1. The number of nitrogens with one attached hydrogen (secondary N) is 1. The Hall–Kier alpha value is -1.79. The second-order valence-corrected chi connectivity index (χ2v) is 5.97. The zero-order chi connectivity index (χ0) is 17.5. The van der Waals surface area contributed by atoms with Crippen LogP contribution in [0.5, 0.6) is 5.75 Å². The molecule has 0 aliphatic carbocycles. The smallest absolute Gasteiger partial charge is 0.318 e. The molecule has 0 aromatic heterocycles. The van der Waals surface area contributed by atoms with Crippen LogP contribution in [0.15, 0.2) is 24.3 Å². The molecule has 24 heavy (non-hydrogen) atoms. The van der Waals surface area contributed by atoms with E-state index in [1.54, 1.807) is 7.11 Å². The lowest BCUT2D eigenvalue weighted by molar-refractivity contribution is -0.0383. The second kappa shape index (κ2) is 8.89. The Bertz CT molecular complexity index is 520. The van der Waals surface area contributed by atoms with Gasteiger partial charge in [0.05, 0.1) is 38.0 Å². The van der Waals surface area contributed by atoms with Crippen molar-refractivity contribution in [3.63, 3.8) is 0 Å². The highest BCUT2D eigenvalue weighted by molar-refractivity contribution is 5.75. The first-order chi connectivity index (χ1) is 11.6. The second-order valence-electron chi connectivity index (χ2n) is 5.97. The van der Waals surface area contributed by atoms with E-state index in [1.807, 2.05) is 49.9 Å². The molecule has 3 unspecified atom stereocenters. The number of methoxy groups -OCH3 is 1. The third kappa shape index (κ3) is 4.61. The number of hydrogen-bond acceptors (Lipinski definition) is 4. The van der Waals surface area contributed by atoms with E-state index in [-0.39, 0.29) is 24.2 Å². The number of benzene rings is 1. The average molecular weight is 336 g/mol. The normalized spacial score (nSPS) is 22.1. The highest BCUT2D eigenvalue weighted by atomic mass is 16.5. The maximum absolute atomic E-state index is 12.7. The maximum atomic E-state index is 12.7. The first kappa shape index (κ1) is 18.5. The largest absolute Gasteiger partial charge is 0.494 e. The van der Waals surface area contributed by atoms with Crippen LogP contribution < -0.4 is 10.1 Å². The van der Waals surface area contributed by atoms with E-state index in [0.717, 1.165) is 11.3 Å². The topological polar surface area (TPSA) is 60.0 Å². The van der Waals surface area contributed by atoms with Gasteiger partial charge >= 0.3 is 6.03 Å². The van der Waals surface area contributed by atoms with E-state index in [1.165, 1.54) is 0 Å². The third-order valence-corrected chi connectivity index (χ3v) is 4.37. The molecule has 1 aromatic carbocycles. The molecule has 1 saturated heterocycles. The molecule has 0 saturated carbocycles. The van der Waals surface area contributed by atoms with Crippen LogP contribution in [-0.4, -0.2) is 56.6 Å². The molecule has 1 heterocycles. The molecule has 6 heteroatoms. The number of carbonyl (C=O) groups is 1. The van der Waals surface area contributed by atoms with Gasteiger partial charge in [-0.15, -0.1) is 0 Å². The van der Waals surface area contributed by atoms with Gasteiger partial charge in [-0.3, -0.25) is 0 Å². The van der Waals surface area contributed by atoms with Crippen LogP contribution in [-0.2, 0) is 9.47 Å². The molecule has 1 aromatic rings. The summed E-state index contributed by atoms with van der Waals surface area (Å²) < 4.78 is 16.3. The Labute approximate surface area is 144 Å². The van der Waals surface area contributed by atoms with Gasteiger partial charge < -0.3 is 24.4 Å². The number of carbonyl (C=O) groups excluding carboxylic acids is 1. The van der Waals surface area contributed by atoms with Crippen molar-refractivity contribution in [3.05, 3.63) is 29.8 Å². The van der Waals surface area contributed by atoms with Crippen molar-refractivity contribution in [2.45, 2.75) is 39.0 Å². The molecule has 0 bridgehead atoms. The van der Waals surface area contributed by atoms with Crippen LogP contribution in [0, 0.1) is 0 Å². The summed E-state index contributed by atoms with van der Waals surface area (Å²) in [5, 5.41) is 3.07. The van der Waals surface area contributed by atoms with Gasteiger partial charge in [0, 0.05) is 13.7 Å². The van der Waals surface area contributed by atoms with Crippen molar-refractivity contribution in [2.24, 2.45) is 0 Å². The molecule has 0 radical (unpaired) electrons. The minimum atomic E-state index is -0.205. The molecule has 134 valence electrons. The van der Waals surface area contributed by atoms with Crippen molar-refractivity contribution in [1.82, 2.24) is 10.2 Å². The summed E-state index contributed by atoms with van der Waals surface area (Å²) in [6, 6.07) is 7.49. The number of urea groups is 1. The van der Waals surface area contributed by atoms with E-state index < -0.39 is 0 Å². The molecule has 1 N–H and O–H groups in total. The van der Waals surface area contributed by atoms with E-state index in [2.05, 4.69) is 5.32 Å². The fourth-order valence-corrected chi connectivity index (χ4v) is 2.80. The van der Waals surface area contributed by atoms with Crippen molar-refractivity contribution >= 4 is 6.03 Å². The average Bonchev–Trinajstić information content (AvgIpc) is 2.58. The number of rotatable bonds is 6. The van der Waals surface area contributed by atoms with Crippen molar-refractivity contribution in [1.29, 1.82) is 0 Å². The highest BCUT2D eigenvalue weighted by Gasteiger charge is 2.30. The number of nitrogens with zero attached hydrogens (tertiary/aromatic N) is 1. The lowest BCUT2D eigenvalue weighted by Gasteiger charge is -2.38. The number of amides is 2. The summed E-state index contributed by atoms with van der Waals surface area (Å²) in [5.41, 5.74) is 0.989. The Balaban J connectivity index is 2.05. The monoisotopic (exact) mass is 336 g/mol. The maximum Gasteiger partial charge on any atom is 0.318 e. The van der Waals surface area contributed by atoms with E-state index in [9.17, 15) is 4.79 Å². The molecule has 0 spiro atoms. The van der Waals surface area contributed by atoms with Crippen LogP contribution in [0.3, 0.4) is 0 Å². The summed E-state index contributed by atoms with van der Waals surface area (Å²) in [6.45, 7) is 8.15. The van der Waals surface area contributed by atoms with Gasteiger partial charge in [0.2, 0.25) is 0 Å². The van der Waals surface area contributed by atoms with Crippen LogP contribution in [0.25, 0.3) is 0 Å². The third-order valence-electron chi connectivity index (χ3n) is 4.37. The van der Waals surface area contributed by atoms with Gasteiger partial charge in [-0.05, 0) is 38.5 Å². The predicted octanol–water partition coefficient (Wildman–Crippen LogP) is 2.59. The molecular weight excluding hydrogens is 308 g/mol. The number of ether oxygens (including phenoxy) is 3. The highest BCUT2D eigenvalue weighted by Crippen LogP contribution is 2.20. The first-order valence-electron chi connectivity index (χ1n) is 8.47. The zero-order valence-electron chi connectivity index (χ0n) is 15.0. The Morgan fingerprint density at radius 3 is 2.71 bits per heavy atom. The van der Waals surface area contributed by atoms with Crippen LogP contribution in [0.1, 0.15) is 32.4 Å². The predicted molar refractivity (Wildman–Crippen MR) is 92.3 cm³/mol. The van der Waals surface area contributed by atoms with Gasteiger partial charge in [-0.25, -0.2) is 4.79 Å². The molecular formula is C18H28N2O4. The number of morpholine rings is 1. The van der Waals surface area contributed by atoms with E-state index >= 15 is 0 Å². The zero-order valence-corrected chi connectivity index (χ0v) is 15.0. The number of hydrogen-bond donors (Lipinski definition) is 1. The molecule has 1 aliphatic heterocycles. The minimum absolute atomic E-state index is 0.0378. The van der Waals surface area contributed by atoms with Gasteiger partial charge in [-0.2, -0.15) is 0 Å². The quantitative estimate of drug-likeness (QED) is 0.867. The van der Waals surface area contributed by atoms with Crippen molar-refractivity contribution in [2.75, 3.05) is 33.5 Å². The first-order valence-corrected chi connectivity index (χ1v) is 8.47. The molecule has 1 aliphatic rings. The molecule has 3 atom stereocenters. The summed E-state index contributed by atoms with van der Waals surface area (Å²) in [6.07, 6.45) is 0.0378. The molecule has 2 amide bonds. The standard InChI is InChI=1S/C18H28N2O4/c1-5-23-16-8-6-15(7-9-16)17(12-22-4)19-18(21)20-10-11-24-14(3)13(20)2/h6-9,13-14,17H,5,10-12H2,1-4H3,(H,19,21). The summed E-state index contributed by atoms with van der Waals surface area (Å²) in [5.74, 6) is 0.819. The summed E-state index contributed by atoms with van der Waals surface area (Å²) >= 11 is 0. The van der Waals surface area contributed by atoms with Gasteiger partial charge in [0.25, 0.3) is 0 Å². The molecule has 1 fully saturated rings. The summed E-state index contributed by atoms with van der Waals surface area (Å²) in [4.78, 5) is 14.5. The molecule has 2 rings (SSSR count). The van der Waals surface area contributed by atoms with Gasteiger partial charge in [0.1, 0.15) is 5.75 Å². The summed E-state index contributed by atoms with van der Waals surface area (Å²) in [7, 11) is 1.63. The van der Waals surface area contributed by atoms with Gasteiger partial charge in [0.15, 0.2) is 0 Å². The minimum Gasteiger partial charge on any atom is -0.494 e. The van der Waals surface area contributed by atoms with E-state index in [4.69, 9.17) is 14.2 Å². The van der Waals surface area contributed by atoms with Crippen molar-refractivity contribution < 1.29 is 19.0 Å². The fraction of sp³-hybridized carbons (Fsp3) is 0.611. The molecule has 6 nitrogen and oxygen atoms in total. The van der Waals surface area contributed by atoms with Crippen LogP contribution in [0.4, 0.5) is 4.79 Å². The Morgan fingerprint density at radius 1 is 1.38 bits per heavy atom. The lowest BCUT2D eigenvalue weighted by atomic mass is 10.1. The van der Waals surface area contributed by atoms with Crippen LogP contribution >= 0.6 is 0 Å². The fourth-order valence-electron chi connectivity index (χ4n) is 2.80. The van der Waals surface area contributed by atoms with Crippen LogP contribution in [0.2, 0.25) is 0 Å². The van der Waals surface area contributed by atoms with Crippen molar-refractivity contribution in [3.8, 4) is 5.75 Å². The Morgan fingerprint density at radius 2 is 2.08 bits per heavy atom. The lowest BCUT2D eigenvalue weighted by Crippen LogP contribution is -2.55. The Kier molecular flexibility index (Phi) is 6.87. The van der Waals surface area contributed by atoms with E-state index in [0.29, 0.717) is 26.4 Å². The van der Waals surface area contributed by atoms with Gasteiger partial charge in [-0.1, -0.05) is 12.1 Å².